The molecule has 1 heterocycles. The number of methoxy groups -OCH3 is 1. The van der Waals surface area contributed by atoms with E-state index in [1.165, 1.54) is 7.11 Å². The van der Waals surface area contributed by atoms with Crippen molar-refractivity contribution in [1.29, 1.82) is 0 Å². The molecule has 0 spiro atoms. The van der Waals surface area contributed by atoms with E-state index in [0.717, 1.165) is 5.69 Å². The van der Waals surface area contributed by atoms with Gasteiger partial charge in [0.05, 0.1) is 22.7 Å². The monoisotopic (exact) mass is 284 g/mol. The number of hydrogen-bond donors (Lipinski definition) is 1. The maximum Gasteiger partial charge on any atom is 0.338 e. The van der Waals surface area contributed by atoms with Crippen molar-refractivity contribution in [3.63, 3.8) is 0 Å². The molecule has 1 N–H and O–H groups in total. The number of carbonyl (C=O) groups excluding carboxylic acids is 1. The van der Waals surface area contributed by atoms with Crippen molar-refractivity contribution in [2.24, 2.45) is 0 Å². The highest BCUT2D eigenvalue weighted by Gasteiger charge is 2.17. The first-order valence-corrected chi connectivity index (χ1v) is 5.92. The molecule has 4 nitrogen and oxygen atoms in total. The highest BCUT2D eigenvalue weighted by Crippen LogP contribution is 2.30. The molecule has 2 aromatic rings. The third-order valence-corrected chi connectivity index (χ3v) is 3.37. The molecular formula is C12H10Cl2N2O2. The van der Waals surface area contributed by atoms with Crippen LogP contribution in [-0.4, -0.2) is 23.3 Å². The largest absolute Gasteiger partial charge is 0.465 e. The third kappa shape index (κ3) is 2.49. The molecule has 0 aliphatic heterocycles. The number of H-pyrrole nitrogens is 1. The normalized spacial score (nSPS) is 10.4. The van der Waals surface area contributed by atoms with Crippen LogP contribution in [0.2, 0.25) is 10.0 Å². The summed E-state index contributed by atoms with van der Waals surface area (Å²) in [5.74, 6) is -0.442. The number of rotatable bonds is 3. The van der Waals surface area contributed by atoms with Crippen molar-refractivity contribution in [2.45, 2.75) is 6.42 Å². The molecule has 0 aliphatic carbocycles. The minimum atomic E-state index is -0.442. The fraction of sp³-hybridized carbons (Fsp3) is 0.167. The number of aromatic nitrogens is 2. The van der Waals surface area contributed by atoms with Gasteiger partial charge in [0.25, 0.3) is 0 Å². The molecule has 0 unspecified atom stereocenters. The Labute approximate surface area is 114 Å². The van der Waals surface area contributed by atoms with Crippen molar-refractivity contribution in [1.82, 2.24) is 10.2 Å². The molecule has 6 heteroatoms. The smallest absolute Gasteiger partial charge is 0.338 e. The summed E-state index contributed by atoms with van der Waals surface area (Å²) in [6, 6.07) is 4.98. The standard InChI is InChI=1S/C12H10Cl2N2O2/c1-18-12(17)8-2-3-10(13)11(14)9(8)6-7-4-5-15-16-7/h2-5H,6H2,1H3,(H,15,16). The van der Waals surface area contributed by atoms with E-state index >= 15 is 0 Å². The van der Waals surface area contributed by atoms with Crippen molar-refractivity contribution in [3.8, 4) is 0 Å². The minimum Gasteiger partial charge on any atom is -0.465 e. The number of hydrogen-bond acceptors (Lipinski definition) is 3. The van der Waals surface area contributed by atoms with Gasteiger partial charge in [0.2, 0.25) is 0 Å². The summed E-state index contributed by atoms with van der Waals surface area (Å²) in [7, 11) is 1.32. The molecule has 0 saturated heterocycles. The van der Waals surface area contributed by atoms with E-state index < -0.39 is 5.97 Å². The van der Waals surface area contributed by atoms with Crippen LogP contribution in [0.3, 0.4) is 0 Å². The average Bonchev–Trinajstić information content (AvgIpc) is 2.87. The number of nitrogens with zero attached hydrogens (tertiary/aromatic N) is 1. The summed E-state index contributed by atoms with van der Waals surface area (Å²) in [6.45, 7) is 0. The van der Waals surface area contributed by atoms with E-state index in [2.05, 4.69) is 10.2 Å². The summed E-state index contributed by atoms with van der Waals surface area (Å²) < 4.78 is 4.72. The molecule has 0 amide bonds. The van der Waals surface area contributed by atoms with Crippen LogP contribution < -0.4 is 0 Å². The predicted molar refractivity (Wildman–Crippen MR) is 69.2 cm³/mol. The lowest BCUT2D eigenvalue weighted by atomic mass is 10.0. The Kier molecular flexibility index (Phi) is 3.89. The Morgan fingerprint density at radius 2 is 2.17 bits per heavy atom. The Bertz CT molecular complexity index is 568. The van der Waals surface area contributed by atoms with E-state index in [4.69, 9.17) is 27.9 Å². The first-order valence-electron chi connectivity index (χ1n) is 5.17. The Hall–Kier alpha value is -1.52. The van der Waals surface area contributed by atoms with E-state index in [1.54, 1.807) is 24.4 Å². The first-order chi connectivity index (χ1) is 8.63. The van der Waals surface area contributed by atoms with E-state index in [0.29, 0.717) is 27.6 Å². The van der Waals surface area contributed by atoms with Gasteiger partial charge in [-0.2, -0.15) is 5.10 Å². The van der Waals surface area contributed by atoms with Gasteiger partial charge in [0.15, 0.2) is 0 Å². The lowest BCUT2D eigenvalue weighted by Gasteiger charge is -2.10. The van der Waals surface area contributed by atoms with Gasteiger partial charge in [-0.15, -0.1) is 0 Å². The lowest BCUT2D eigenvalue weighted by molar-refractivity contribution is 0.0599. The van der Waals surface area contributed by atoms with Gasteiger partial charge in [0.1, 0.15) is 0 Å². The topological polar surface area (TPSA) is 55.0 Å². The number of nitrogens with one attached hydrogen (secondary N) is 1. The van der Waals surface area contributed by atoms with E-state index in [-0.39, 0.29) is 0 Å². The molecule has 94 valence electrons. The Morgan fingerprint density at radius 1 is 1.39 bits per heavy atom. The van der Waals surface area contributed by atoms with Crippen LogP contribution in [-0.2, 0) is 11.2 Å². The molecule has 18 heavy (non-hydrogen) atoms. The van der Waals surface area contributed by atoms with Crippen molar-refractivity contribution in [2.75, 3.05) is 7.11 Å². The molecule has 0 fully saturated rings. The number of halogens is 2. The molecule has 1 aromatic heterocycles. The zero-order chi connectivity index (χ0) is 13.1. The van der Waals surface area contributed by atoms with Crippen LogP contribution >= 0.6 is 23.2 Å². The van der Waals surface area contributed by atoms with Crippen LogP contribution in [0.15, 0.2) is 24.4 Å². The second kappa shape index (κ2) is 5.42. The van der Waals surface area contributed by atoms with Crippen LogP contribution in [0.5, 0.6) is 0 Å². The lowest BCUT2D eigenvalue weighted by Crippen LogP contribution is -2.07. The fourth-order valence-corrected chi connectivity index (χ4v) is 2.05. The number of esters is 1. The molecule has 0 saturated carbocycles. The number of ether oxygens (including phenoxy) is 1. The zero-order valence-electron chi connectivity index (χ0n) is 9.54. The average molecular weight is 285 g/mol. The van der Waals surface area contributed by atoms with Gasteiger partial charge in [0, 0.05) is 18.3 Å². The molecule has 0 bridgehead atoms. The molecule has 2 rings (SSSR count). The molecule has 0 atom stereocenters. The second-order valence-electron chi connectivity index (χ2n) is 3.64. The Morgan fingerprint density at radius 3 is 2.78 bits per heavy atom. The molecular weight excluding hydrogens is 275 g/mol. The van der Waals surface area contributed by atoms with Gasteiger partial charge >= 0.3 is 5.97 Å². The van der Waals surface area contributed by atoms with Crippen LogP contribution in [0, 0.1) is 0 Å². The quantitative estimate of drug-likeness (QED) is 0.882. The first kappa shape index (κ1) is 12.9. The summed E-state index contributed by atoms with van der Waals surface area (Å²) in [4.78, 5) is 11.7. The second-order valence-corrected chi connectivity index (χ2v) is 4.42. The van der Waals surface area contributed by atoms with Crippen molar-refractivity contribution in [3.05, 3.63) is 51.3 Å². The van der Waals surface area contributed by atoms with E-state index in [9.17, 15) is 4.79 Å². The highest BCUT2D eigenvalue weighted by atomic mass is 35.5. The zero-order valence-corrected chi connectivity index (χ0v) is 11.0. The number of aromatic amines is 1. The van der Waals surface area contributed by atoms with E-state index in [1.807, 2.05) is 0 Å². The summed E-state index contributed by atoms with van der Waals surface area (Å²) >= 11 is 12.1. The van der Waals surface area contributed by atoms with Gasteiger partial charge in [-0.3, -0.25) is 5.10 Å². The van der Waals surface area contributed by atoms with Crippen LogP contribution in [0.1, 0.15) is 21.6 Å². The molecule has 1 aromatic carbocycles. The maximum atomic E-state index is 11.7. The van der Waals surface area contributed by atoms with Crippen molar-refractivity contribution < 1.29 is 9.53 Å². The number of benzene rings is 1. The van der Waals surface area contributed by atoms with Gasteiger partial charge in [-0.1, -0.05) is 23.2 Å². The van der Waals surface area contributed by atoms with Crippen LogP contribution in [0.25, 0.3) is 0 Å². The molecule has 0 radical (unpaired) electrons. The summed E-state index contributed by atoms with van der Waals surface area (Å²) in [5, 5.41) is 7.42. The summed E-state index contributed by atoms with van der Waals surface area (Å²) in [5.41, 5.74) is 1.87. The van der Waals surface area contributed by atoms with Gasteiger partial charge < -0.3 is 4.74 Å². The maximum absolute atomic E-state index is 11.7. The van der Waals surface area contributed by atoms with Crippen LogP contribution in [0.4, 0.5) is 0 Å². The van der Waals surface area contributed by atoms with Crippen molar-refractivity contribution >= 4 is 29.2 Å². The predicted octanol–water partition coefficient (Wildman–Crippen LogP) is 3.09. The number of carbonyl (C=O) groups is 1. The minimum absolute atomic E-state index is 0.356. The Balaban J connectivity index is 2.48. The SMILES string of the molecule is COC(=O)c1ccc(Cl)c(Cl)c1Cc1ccn[nH]1. The van der Waals surface area contributed by atoms with Gasteiger partial charge in [-0.05, 0) is 23.8 Å². The highest BCUT2D eigenvalue weighted by molar-refractivity contribution is 6.42. The summed E-state index contributed by atoms with van der Waals surface area (Å²) in [6.07, 6.45) is 2.06. The van der Waals surface area contributed by atoms with Gasteiger partial charge in [-0.25, -0.2) is 4.79 Å². The fourth-order valence-electron chi connectivity index (χ4n) is 1.64. The molecule has 0 aliphatic rings. The third-order valence-electron chi connectivity index (χ3n) is 2.53.